The molecule has 17 heavy (non-hydrogen) atoms. The van der Waals surface area contributed by atoms with E-state index >= 15 is 0 Å². The van der Waals surface area contributed by atoms with Crippen LogP contribution in [0.2, 0.25) is 5.02 Å². The molecule has 0 saturated heterocycles. The van der Waals surface area contributed by atoms with Gasteiger partial charge in [-0.25, -0.2) is 0 Å². The number of benzene rings is 1. The van der Waals surface area contributed by atoms with Crippen molar-refractivity contribution in [1.82, 2.24) is 0 Å². The Labute approximate surface area is 102 Å². The van der Waals surface area contributed by atoms with Gasteiger partial charge in [0.2, 0.25) is 0 Å². The molecule has 3 nitrogen and oxygen atoms in total. The lowest BCUT2D eigenvalue weighted by molar-refractivity contribution is -0.142. The Kier molecular flexibility index (Phi) is 3.93. The first-order chi connectivity index (χ1) is 7.75. The molecule has 0 heterocycles. The maximum atomic E-state index is 12.0. The lowest BCUT2D eigenvalue weighted by Gasteiger charge is -2.20. The van der Waals surface area contributed by atoms with Crippen LogP contribution in [0.5, 0.6) is 5.75 Å². The van der Waals surface area contributed by atoms with Crippen molar-refractivity contribution in [1.29, 1.82) is 0 Å². The predicted octanol–water partition coefficient (Wildman–Crippen LogP) is 3.30. The molecule has 0 radical (unpaired) electrons. The van der Waals surface area contributed by atoms with Crippen molar-refractivity contribution in [3.8, 4) is 5.75 Å². The van der Waals surface area contributed by atoms with E-state index in [0.29, 0.717) is 5.56 Å². The molecule has 0 saturated carbocycles. The molecule has 94 valence electrons. The number of carboxylic acid groups (broad SMARTS) is 1. The van der Waals surface area contributed by atoms with Crippen molar-refractivity contribution in [3.05, 3.63) is 28.8 Å². The van der Waals surface area contributed by atoms with Gasteiger partial charge in [-0.1, -0.05) is 17.7 Å². The van der Waals surface area contributed by atoms with E-state index in [-0.39, 0.29) is 10.8 Å². The van der Waals surface area contributed by atoms with Gasteiger partial charge in [0.05, 0.1) is 10.4 Å². The number of carboxylic acids is 1. The van der Waals surface area contributed by atoms with Crippen molar-refractivity contribution in [3.63, 3.8) is 0 Å². The van der Waals surface area contributed by atoms with Gasteiger partial charge in [-0.3, -0.25) is 4.79 Å². The van der Waals surface area contributed by atoms with E-state index in [0.717, 1.165) is 0 Å². The zero-order valence-corrected chi connectivity index (χ0v) is 9.96. The number of hydrogen-bond acceptors (Lipinski definition) is 2. The molecule has 0 atom stereocenters. The molecule has 0 unspecified atom stereocenters. The Hall–Kier alpha value is -1.36. The molecule has 6 heteroatoms. The third kappa shape index (κ3) is 3.06. The van der Waals surface area contributed by atoms with Gasteiger partial charge in [0.25, 0.3) is 0 Å². The van der Waals surface area contributed by atoms with Gasteiger partial charge in [0.1, 0.15) is 5.75 Å². The van der Waals surface area contributed by atoms with E-state index in [9.17, 15) is 13.6 Å². The highest BCUT2D eigenvalue weighted by atomic mass is 35.5. The van der Waals surface area contributed by atoms with Crippen LogP contribution in [-0.2, 0) is 10.2 Å². The summed E-state index contributed by atoms with van der Waals surface area (Å²) in [4.78, 5) is 11.0. The van der Waals surface area contributed by atoms with Crippen LogP contribution in [0.25, 0.3) is 0 Å². The Morgan fingerprint density at radius 3 is 2.47 bits per heavy atom. The summed E-state index contributed by atoms with van der Waals surface area (Å²) in [6, 6.07) is 3.94. The molecule has 0 fully saturated rings. The molecule has 1 aromatic rings. The van der Waals surface area contributed by atoms with Gasteiger partial charge >= 0.3 is 12.6 Å². The van der Waals surface area contributed by atoms with Crippen molar-refractivity contribution in [2.24, 2.45) is 0 Å². The standard InChI is InChI=1S/C11H11ClF2O3/c1-11(2,9(15)16)6-3-4-8(7(12)5-6)17-10(13)14/h3-5,10H,1-2H3,(H,15,16). The molecule has 1 N–H and O–H groups in total. The molecule has 0 amide bonds. The van der Waals surface area contributed by atoms with E-state index in [1.165, 1.54) is 32.0 Å². The molecule has 0 aliphatic heterocycles. The third-order valence-electron chi connectivity index (χ3n) is 2.40. The summed E-state index contributed by atoms with van der Waals surface area (Å²) in [7, 11) is 0. The minimum atomic E-state index is -2.97. The second kappa shape index (κ2) is 4.87. The average Bonchev–Trinajstić information content (AvgIpc) is 2.20. The van der Waals surface area contributed by atoms with Gasteiger partial charge < -0.3 is 9.84 Å². The second-order valence-electron chi connectivity index (χ2n) is 3.95. The van der Waals surface area contributed by atoms with Gasteiger partial charge in [-0.2, -0.15) is 8.78 Å². The van der Waals surface area contributed by atoms with Crippen LogP contribution in [0.15, 0.2) is 18.2 Å². The van der Waals surface area contributed by atoms with Crippen molar-refractivity contribution < 1.29 is 23.4 Å². The summed E-state index contributed by atoms with van der Waals surface area (Å²) >= 11 is 5.73. The zero-order valence-electron chi connectivity index (χ0n) is 9.21. The third-order valence-corrected chi connectivity index (χ3v) is 2.70. The van der Waals surface area contributed by atoms with Gasteiger partial charge in [-0.05, 0) is 31.5 Å². The number of aliphatic carboxylic acids is 1. The topological polar surface area (TPSA) is 46.5 Å². The van der Waals surface area contributed by atoms with E-state index in [1.807, 2.05) is 0 Å². The molecule has 0 aromatic heterocycles. The number of rotatable bonds is 4. The van der Waals surface area contributed by atoms with Gasteiger partial charge in [0, 0.05) is 0 Å². The van der Waals surface area contributed by atoms with Crippen LogP contribution >= 0.6 is 11.6 Å². The molecular formula is C11H11ClF2O3. The highest BCUT2D eigenvalue weighted by Gasteiger charge is 2.30. The van der Waals surface area contributed by atoms with Crippen LogP contribution in [0.4, 0.5) is 8.78 Å². The maximum absolute atomic E-state index is 12.0. The molecule has 0 aliphatic carbocycles. The van der Waals surface area contributed by atoms with E-state index < -0.39 is 18.0 Å². The smallest absolute Gasteiger partial charge is 0.387 e. The summed E-state index contributed by atoms with van der Waals surface area (Å²) < 4.78 is 28.1. The summed E-state index contributed by atoms with van der Waals surface area (Å²) in [5.41, 5.74) is -0.732. The van der Waals surface area contributed by atoms with E-state index in [4.69, 9.17) is 16.7 Å². The molecule has 1 aromatic carbocycles. The van der Waals surface area contributed by atoms with Crippen LogP contribution < -0.4 is 4.74 Å². The molecular weight excluding hydrogens is 254 g/mol. The van der Waals surface area contributed by atoms with Crippen LogP contribution in [-0.4, -0.2) is 17.7 Å². The lowest BCUT2D eigenvalue weighted by Crippen LogP contribution is -2.28. The zero-order chi connectivity index (χ0) is 13.2. The summed E-state index contributed by atoms with van der Waals surface area (Å²) in [6.07, 6.45) is 0. The normalized spacial score (nSPS) is 11.6. The quantitative estimate of drug-likeness (QED) is 0.908. The minimum Gasteiger partial charge on any atom is -0.481 e. The summed E-state index contributed by atoms with van der Waals surface area (Å²) in [6.45, 7) is 0.0225. The molecule has 1 rings (SSSR count). The number of carbonyl (C=O) groups is 1. The Bertz CT molecular complexity index is 433. The predicted molar refractivity (Wildman–Crippen MR) is 58.7 cm³/mol. The SMILES string of the molecule is CC(C)(C(=O)O)c1ccc(OC(F)F)c(Cl)c1. The Morgan fingerprint density at radius 2 is 2.06 bits per heavy atom. The fourth-order valence-corrected chi connectivity index (χ4v) is 1.43. The monoisotopic (exact) mass is 264 g/mol. The van der Waals surface area contributed by atoms with Crippen LogP contribution in [0.3, 0.4) is 0 Å². The van der Waals surface area contributed by atoms with E-state index in [1.54, 1.807) is 0 Å². The molecule has 0 bridgehead atoms. The summed E-state index contributed by atoms with van der Waals surface area (Å²) in [5, 5.41) is 8.96. The lowest BCUT2D eigenvalue weighted by atomic mass is 9.85. The average molecular weight is 265 g/mol. The highest BCUT2D eigenvalue weighted by molar-refractivity contribution is 6.32. The number of hydrogen-bond donors (Lipinski definition) is 1. The van der Waals surface area contributed by atoms with Crippen LogP contribution in [0.1, 0.15) is 19.4 Å². The van der Waals surface area contributed by atoms with Crippen molar-refractivity contribution in [2.75, 3.05) is 0 Å². The highest BCUT2D eigenvalue weighted by Crippen LogP contribution is 2.32. The van der Waals surface area contributed by atoms with Crippen molar-refractivity contribution in [2.45, 2.75) is 25.9 Å². The summed E-state index contributed by atoms with van der Waals surface area (Å²) in [5.74, 6) is -1.21. The number of ether oxygens (including phenoxy) is 1. The Balaban J connectivity index is 3.08. The fraction of sp³-hybridized carbons (Fsp3) is 0.364. The maximum Gasteiger partial charge on any atom is 0.387 e. The Morgan fingerprint density at radius 1 is 1.47 bits per heavy atom. The second-order valence-corrected chi connectivity index (χ2v) is 4.36. The van der Waals surface area contributed by atoms with Crippen molar-refractivity contribution >= 4 is 17.6 Å². The first-order valence-corrected chi connectivity index (χ1v) is 5.11. The minimum absolute atomic E-state index is 0.0443. The van der Waals surface area contributed by atoms with Crippen LogP contribution in [0, 0.1) is 0 Å². The van der Waals surface area contributed by atoms with E-state index in [2.05, 4.69) is 4.74 Å². The molecule has 0 aliphatic rings. The first-order valence-electron chi connectivity index (χ1n) is 4.73. The fourth-order valence-electron chi connectivity index (χ4n) is 1.20. The number of alkyl halides is 2. The largest absolute Gasteiger partial charge is 0.481 e. The van der Waals surface area contributed by atoms with Gasteiger partial charge in [0.15, 0.2) is 0 Å². The number of halogens is 3. The molecule has 0 spiro atoms. The first kappa shape index (κ1) is 13.7. The van der Waals surface area contributed by atoms with Gasteiger partial charge in [-0.15, -0.1) is 0 Å².